The van der Waals surface area contributed by atoms with E-state index < -0.39 is 0 Å². The summed E-state index contributed by atoms with van der Waals surface area (Å²) in [5.41, 5.74) is 8.88. The Labute approximate surface area is 214 Å². The molecule has 3 unspecified atom stereocenters. The SMILES string of the molecule is CC(C)C(CN)C(=O)OCN1C=CN(CC2CCc3c(c4ccccc4n3C)C2=O)C1C.Cl.Cl. The monoisotopic (exact) mass is 510 g/mol. The first kappa shape index (κ1) is 28.0. The molecule has 0 fully saturated rings. The van der Waals surface area contributed by atoms with Gasteiger partial charge in [0.2, 0.25) is 0 Å². The molecule has 1 aromatic heterocycles. The summed E-state index contributed by atoms with van der Waals surface area (Å²) in [5.74, 6) is -0.219. The van der Waals surface area contributed by atoms with E-state index in [0.29, 0.717) is 6.54 Å². The molecule has 1 aliphatic heterocycles. The molecule has 9 heteroatoms. The summed E-state index contributed by atoms with van der Waals surface area (Å²) in [6, 6.07) is 8.15. The standard InChI is InChI=1S/C25H34N4O3.2ClH/c1-16(2)20(13-26)25(31)32-15-29-12-11-28(17(29)3)14-18-9-10-22-23(24(18)30)19-7-5-6-8-21(19)27(22)4;;/h5-8,11-12,16-18,20H,9-10,13-15,26H2,1-4H3;2*1H. The number of nitrogens with two attached hydrogens (primary N) is 1. The van der Waals surface area contributed by atoms with Crippen LogP contribution >= 0.6 is 24.8 Å². The van der Waals surface area contributed by atoms with Crippen LogP contribution in [0.4, 0.5) is 0 Å². The third-order valence-electron chi connectivity index (χ3n) is 7.13. The number of hydrogen-bond acceptors (Lipinski definition) is 6. The second-order valence-electron chi connectivity index (χ2n) is 9.32. The van der Waals surface area contributed by atoms with E-state index in [1.807, 2.05) is 50.3 Å². The Morgan fingerprint density at radius 2 is 1.85 bits per heavy atom. The number of Topliss-reactive ketones (excluding diaryl/α,β-unsaturated/α-hetero) is 1. The van der Waals surface area contributed by atoms with E-state index in [4.69, 9.17) is 10.5 Å². The van der Waals surface area contributed by atoms with Crippen LogP contribution in [-0.2, 0) is 23.0 Å². The molecule has 0 amide bonds. The number of carbonyl (C=O) groups excluding carboxylic acids is 2. The fourth-order valence-corrected chi connectivity index (χ4v) is 4.95. The average molecular weight is 511 g/mol. The number of benzene rings is 1. The number of aryl methyl sites for hydroxylation is 1. The molecule has 1 aromatic carbocycles. The van der Waals surface area contributed by atoms with E-state index in [2.05, 4.69) is 28.5 Å². The summed E-state index contributed by atoms with van der Waals surface area (Å²) in [7, 11) is 2.05. The van der Waals surface area contributed by atoms with Crippen LogP contribution < -0.4 is 5.73 Å². The van der Waals surface area contributed by atoms with E-state index in [0.717, 1.165) is 35.0 Å². The Balaban J connectivity index is 0.00000204. The number of hydrogen-bond donors (Lipinski definition) is 1. The predicted octanol–water partition coefficient (Wildman–Crippen LogP) is 3.93. The largest absolute Gasteiger partial charge is 0.444 e. The Bertz CT molecular complexity index is 1050. The maximum atomic E-state index is 13.4. The molecule has 1 aliphatic carbocycles. The van der Waals surface area contributed by atoms with Crippen molar-refractivity contribution >= 4 is 47.5 Å². The molecule has 2 aliphatic rings. The number of nitrogens with zero attached hydrogens (tertiary/aromatic N) is 3. The van der Waals surface area contributed by atoms with Crippen LogP contribution in [0.15, 0.2) is 36.7 Å². The van der Waals surface area contributed by atoms with Gasteiger partial charge in [-0.25, -0.2) is 0 Å². The molecule has 0 radical (unpaired) electrons. The molecule has 2 aromatic rings. The molecular formula is C25H36Cl2N4O3. The predicted molar refractivity (Wildman–Crippen MR) is 139 cm³/mol. The van der Waals surface area contributed by atoms with Crippen LogP contribution in [-0.4, -0.2) is 52.1 Å². The first-order valence-corrected chi connectivity index (χ1v) is 11.5. The molecular weight excluding hydrogens is 475 g/mol. The summed E-state index contributed by atoms with van der Waals surface area (Å²) in [6.45, 7) is 7.13. The number of rotatable bonds is 7. The summed E-state index contributed by atoms with van der Waals surface area (Å²) in [4.78, 5) is 29.9. The maximum Gasteiger partial charge on any atom is 0.312 e. The Kier molecular flexibility index (Phi) is 9.45. The van der Waals surface area contributed by atoms with Crippen molar-refractivity contribution in [3.05, 3.63) is 47.9 Å². The Morgan fingerprint density at radius 3 is 2.53 bits per heavy atom. The van der Waals surface area contributed by atoms with Gasteiger partial charge in [-0.1, -0.05) is 32.0 Å². The fraction of sp³-hybridized carbons (Fsp3) is 0.520. The van der Waals surface area contributed by atoms with Gasteiger partial charge in [0.15, 0.2) is 12.5 Å². The van der Waals surface area contributed by atoms with Crippen molar-refractivity contribution in [2.75, 3.05) is 19.8 Å². The minimum absolute atomic E-state index is 0. The second kappa shape index (κ2) is 11.5. The van der Waals surface area contributed by atoms with Crippen molar-refractivity contribution in [1.82, 2.24) is 14.4 Å². The van der Waals surface area contributed by atoms with Crippen molar-refractivity contribution in [1.29, 1.82) is 0 Å². The molecule has 7 nitrogen and oxygen atoms in total. The van der Waals surface area contributed by atoms with Crippen molar-refractivity contribution in [3.63, 3.8) is 0 Å². The fourth-order valence-electron chi connectivity index (χ4n) is 4.95. The molecule has 188 valence electrons. The van der Waals surface area contributed by atoms with Crippen molar-refractivity contribution in [2.45, 2.75) is 39.8 Å². The minimum atomic E-state index is -0.289. The van der Waals surface area contributed by atoms with Gasteiger partial charge in [-0.3, -0.25) is 9.59 Å². The first-order chi connectivity index (χ1) is 15.3. The highest BCUT2D eigenvalue weighted by Crippen LogP contribution is 2.34. The van der Waals surface area contributed by atoms with Crippen LogP contribution in [0.25, 0.3) is 10.9 Å². The second-order valence-corrected chi connectivity index (χ2v) is 9.32. The van der Waals surface area contributed by atoms with Gasteiger partial charge in [0.25, 0.3) is 0 Å². The van der Waals surface area contributed by atoms with Gasteiger partial charge in [-0.2, -0.15) is 0 Å². The summed E-state index contributed by atoms with van der Waals surface area (Å²) < 4.78 is 7.69. The summed E-state index contributed by atoms with van der Waals surface area (Å²) in [6.07, 6.45) is 5.68. The third-order valence-corrected chi connectivity index (χ3v) is 7.13. The maximum absolute atomic E-state index is 13.4. The van der Waals surface area contributed by atoms with Crippen LogP contribution in [0.3, 0.4) is 0 Å². The number of para-hydroxylation sites is 1. The molecule has 4 rings (SSSR count). The number of esters is 1. The van der Waals surface area contributed by atoms with Gasteiger partial charge in [0.1, 0.15) is 6.17 Å². The van der Waals surface area contributed by atoms with E-state index in [1.165, 1.54) is 0 Å². The van der Waals surface area contributed by atoms with Gasteiger partial charge in [0, 0.05) is 60.6 Å². The summed E-state index contributed by atoms with van der Waals surface area (Å²) >= 11 is 0. The van der Waals surface area contributed by atoms with Gasteiger partial charge in [-0.05, 0) is 31.7 Å². The van der Waals surface area contributed by atoms with E-state index in [-0.39, 0.29) is 73.8 Å². The Morgan fingerprint density at radius 1 is 1.18 bits per heavy atom. The number of aromatic nitrogens is 1. The highest BCUT2D eigenvalue weighted by atomic mass is 35.5. The normalized spacial score (nSPS) is 20.2. The zero-order valence-electron chi connectivity index (χ0n) is 20.3. The molecule has 2 N–H and O–H groups in total. The molecule has 0 saturated heterocycles. The number of ether oxygens (including phenoxy) is 1. The average Bonchev–Trinajstić information content (AvgIpc) is 3.26. The molecule has 3 atom stereocenters. The van der Waals surface area contributed by atoms with Crippen LogP contribution in [0.5, 0.6) is 0 Å². The molecule has 2 heterocycles. The smallest absolute Gasteiger partial charge is 0.312 e. The number of ketones is 1. The highest BCUT2D eigenvalue weighted by molar-refractivity contribution is 6.11. The molecule has 0 bridgehead atoms. The van der Waals surface area contributed by atoms with Gasteiger partial charge in [0.05, 0.1) is 5.92 Å². The van der Waals surface area contributed by atoms with Crippen LogP contribution in [0.1, 0.15) is 43.2 Å². The lowest BCUT2D eigenvalue weighted by atomic mass is 9.84. The number of carbonyl (C=O) groups is 2. The van der Waals surface area contributed by atoms with Crippen LogP contribution in [0.2, 0.25) is 0 Å². The van der Waals surface area contributed by atoms with Crippen molar-refractivity contribution < 1.29 is 14.3 Å². The van der Waals surface area contributed by atoms with Crippen LogP contribution in [0, 0.1) is 17.8 Å². The number of fused-ring (bicyclic) bond motifs is 3. The first-order valence-electron chi connectivity index (χ1n) is 11.5. The van der Waals surface area contributed by atoms with E-state index in [1.54, 1.807) is 0 Å². The van der Waals surface area contributed by atoms with Gasteiger partial charge in [-0.15, -0.1) is 24.8 Å². The van der Waals surface area contributed by atoms with Gasteiger partial charge >= 0.3 is 5.97 Å². The zero-order valence-corrected chi connectivity index (χ0v) is 21.9. The van der Waals surface area contributed by atoms with Crippen molar-refractivity contribution in [3.8, 4) is 0 Å². The Hall–Kier alpha value is -2.22. The number of halogens is 2. The molecule has 34 heavy (non-hydrogen) atoms. The minimum Gasteiger partial charge on any atom is -0.444 e. The molecule has 0 saturated carbocycles. The third kappa shape index (κ3) is 5.07. The lowest BCUT2D eigenvalue weighted by molar-refractivity contribution is -0.154. The lowest BCUT2D eigenvalue weighted by Crippen LogP contribution is -2.42. The quantitative estimate of drug-likeness (QED) is 0.568. The topological polar surface area (TPSA) is 80.8 Å². The highest BCUT2D eigenvalue weighted by Gasteiger charge is 2.35. The molecule has 0 spiro atoms. The van der Waals surface area contributed by atoms with E-state index >= 15 is 0 Å². The van der Waals surface area contributed by atoms with Crippen molar-refractivity contribution in [2.24, 2.45) is 30.5 Å². The summed E-state index contributed by atoms with van der Waals surface area (Å²) in [5, 5.41) is 1.05. The zero-order chi connectivity index (χ0) is 23.0. The van der Waals surface area contributed by atoms with Gasteiger partial charge < -0.3 is 24.8 Å². The van der Waals surface area contributed by atoms with E-state index in [9.17, 15) is 9.59 Å². The lowest BCUT2D eigenvalue weighted by Gasteiger charge is -2.33.